The molecule has 0 aliphatic heterocycles. The Morgan fingerprint density at radius 3 is 2.00 bits per heavy atom. The molecule has 0 aromatic rings. The van der Waals surface area contributed by atoms with Crippen molar-refractivity contribution in [1.29, 1.82) is 0 Å². The molecule has 0 aliphatic carbocycles. The Morgan fingerprint density at radius 2 is 1.60 bits per heavy atom. The van der Waals surface area contributed by atoms with Crippen LogP contribution in [0.3, 0.4) is 0 Å². The second kappa shape index (κ2) is 8.63. The Bertz CT molecular complexity index is 148. The quantitative estimate of drug-likeness (QED) is 0.588. The summed E-state index contributed by atoms with van der Waals surface area (Å²) in [5.41, 5.74) is -0.0202. The number of nitrogens with zero attached hydrogens (tertiary/aromatic N) is 1. The third kappa shape index (κ3) is 8.32. The number of hydrogen-bond acceptors (Lipinski definition) is 2. The van der Waals surface area contributed by atoms with E-state index in [9.17, 15) is 0 Å². The Morgan fingerprint density at radius 1 is 1.07 bits per heavy atom. The van der Waals surface area contributed by atoms with Crippen LogP contribution in [-0.4, -0.2) is 49.0 Å². The van der Waals surface area contributed by atoms with Crippen molar-refractivity contribution in [2.24, 2.45) is 0 Å². The summed E-state index contributed by atoms with van der Waals surface area (Å²) in [4.78, 5) is 2.30. The molecule has 0 fully saturated rings. The van der Waals surface area contributed by atoms with Crippen LogP contribution in [0.15, 0.2) is 0 Å². The molecule has 0 N–H and O–H groups in total. The summed E-state index contributed by atoms with van der Waals surface area (Å²) in [5.74, 6) is 1.34. The highest BCUT2D eigenvalue weighted by atomic mass is 35.5. The van der Waals surface area contributed by atoms with E-state index in [1.54, 1.807) is 7.11 Å². The first kappa shape index (κ1) is 15.5. The number of methoxy groups -OCH3 is 1. The minimum Gasteiger partial charge on any atom is -0.379 e. The van der Waals surface area contributed by atoms with Crippen molar-refractivity contribution in [2.75, 3.05) is 38.5 Å². The zero-order chi connectivity index (χ0) is 11.7. The Hall–Kier alpha value is 0.500. The van der Waals surface area contributed by atoms with Gasteiger partial charge < -0.3 is 9.64 Å². The number of hydrogen-bond donors (Lipinski definition) is 0. The minimum absolute atomic E-state index is 0.0202. The van der Waals surface area contributed by atoms with Gasteiger partial charge in [-0.3, -0.25) is 0 Å². The first-order valence-corrected chi connectivity index (χ1v) is 6.52. The van der Waals surface area contributed by atoms with Gasteiger partial charge in [0, 0.05) is 32.0 Å². The molecular formula is C11H23Cl2NO. The fourth-order valence-electron chi connectivity index (χ4n) is 1.40. The summed E-state index contributed by atoms with van der Waals surface area (Å²) in [5, 5.41) is 0. The minimum atomic E-state index is -0.0202. The fraction of sp³-hybridized carbons (Fsp3) is 1.00. The Kier molecular flexibility index (Phi) is 8.92. The van der Waals surface area contributed by atoms with Crippen molar-refractivity contribution >= 4 is 23.2 Å². The molecule has 0 radical (unpaired) electrons. The van der Waals surface area contributed by atoms with Gasteiger partial charge in [-0.2, -0.15) is 0 Å². The Balaban J connectivity index is 3.69. The highest BCUT2D eigenvalue weighted by molar-refractivity contribution is 6.18. The predicted molar refractivity (Wildman–Crippen MR) is 68.2 cm³/mol. The fourth-order valence-corrected chi connectivity index (χ4v) is 1.88. The first-order chi connectivity index (χ1) is 7.05. The van der Waals surface area contributed by atoms with Crippen LogP contribution in [0, 0.1) is 0 Å². The summed E-state index contributed by atoms with van der Waals surface area (Å²) in [6, 6.07) is 0. The predicted octanol–water partition coefficient (Wildman–Crippen LogP) is 2.97. The smallest absolute Gasteiger partial charge is 0.0623 e. The van der Waals surface area contributed by atoms with Crippen molar-refractivity contribution in [1.82, 2.24) is 4.90 Å². The molecule has 0 saturated heterocycles. The molecular weight excluding hydrogens is 233 g/mol. The SMILES string of the molecule is COC(C)(C)CCCN(CCCl)CCCl. The van der Waals surface area contributed by atoms with E-state index in [1.165, 1.54) is 0 Å². The molecule has 0 unspecified atom stereocenters. The molecule has 92 valence electrons. The molecule has 0 aromatic heterocycles. The monoisotopic (exact) mass is 255 g/mol. The maximum Gasteiger partial charge on any atom is 0.0623 e. The summed E-state index contributed by atoms with van der Waals surface area (Å²) < 4.78 is 5.37. The van der Waals surface area contributed by atoms with Gasteiger partial charge in [0.15, 0.2) is 0 Å². The third-order valence-electron chi connectivity index (χ3n) is 2.61. The topological polar surface area (TPSA) is 12.5 Å². The van der Waals surface area contributed by atoms with E-state index in [2.05, 4.69) is 18.7 Å². The molecule has 2 nitrogen and oxygen atoms in total. The van der Waals surface area contributed by atoms with Gasteiger partial charge in [-0.25, -0.2) is 0 Å². The lowest BCUT2D eigenvalue weighted by molar-refractivity contribution is 0.0120. The van der Waals surface area contributed by atoms with Gasteiger partial charge in [0.2, 0.25) is 0 Å². The lowest BCUT2D eigenvalue weighted by Gasteiger charge is -2.25. The average Bonchev–Trinajstić information content (AvgIpc) is 2.18. The van der Waals surface area contributed by atoms with Gasteiger partial charge >= 0.3 is 0 Å². The normalized spacial score (nSPS) is 12.4. The van der Waals surface area contributed by atoms with Crippen molar-refractivity contribution in [3.63, 3.8) is 0 Å². The zero-order valence-electron chi connectivity index (χ0n) is 10.1. The van der Waals surface area contributed by atoms with E-state index >= 15 is 0 Å². The second-order valence-electron chi connectivity index (χ2n) is 4.29. The van der Waals surface area contributed by atoms with E-state index in [4.69, 9.17) is 27.9 Å². The van der Waals surface area contributed by atoms with Crippen LogP contribution in [0.1, 0.15) is 26.7 Å². The van der Waals surface area contributed by atoms with Gasteiger partial charge in [-0.05, 0) is 33.2 Å². The van der Waals surface area contributed by atoms with Crippen molar-refractivity contribution in [3.8, 4) is 0 Å². The highest BCUT2D eigenvalue weighted by Crippen LogP contribution is 2.15. The molecule has 0 spiro atoms. The molecule has 0 heterocycles. The standard InChI is InChI=1S/C11H23Cl2NO/c1-11(2,15-3)5-4-8-14(9-6-12)10-7-13/h4-10H2,1-3H3. The average molecular weight is 256 g/mol. The summed E-state index contributed by atoms with van der Waals surface area (Å²) in [7, 11) is 1.76. The van der Waals surface area contributed by atoms with Crippen LogP contribution in [0.2, 0.25) is 0 Å². The number of ether oxygens (including phenoxy) is 1. The van der Waals surface area contributed by atoms with Gasteiger partial charge in [0.05, 0.1) is 5.60 Å². The lowest BCUT2D eigenvalue weighted by atomic mass is 10.0. The summed E-state index contributed by atoms with van der Waals surface area (Å²) in [6.45, 7) is 7.11. The van der Waals surface area contributed by atoms with Crippen LogP contribution in [0.5, 0.6) is 0 Å². The second-order valence-corrected chi connectivity index (χ2v) is 5.04. The molecule has 0 atom stereocenters. The van der Waals surface area contributed by atoms with Crippen molar-refractivity contribution in [3.05, 3.63) is 0 Å². The molecule has 15 heavy (non-hydrogen) atoms. The molecule has 0 saturated carbocycles. The van der Waals surface area contributed by atoms with Gasteiger partial charge in [0.1, 0.15) is 0 Å². The molecule has 0 amide bonds. The molecule has 4 heteroatoms. The number of rotatable bonds is 9. The first-order valence-electron chi connectivity index (χ1n) is 5.45. The van der Waals surface area contributed by atoms with Crippen molar-refractivity contribution < 1.29 is 4.74 Å². The maximum absolute atomic E-state index is 5.72. The zero-order valence-corrected chi connectivity index (χ0v) is 11.6. The van der Waals surface area contributed by atoms with E-state index in [0.717, 1.165) is 32.5 Å². The van der Waals surface area contributed by atoms with Crippen LogP contribution in [0.4, 0.5) is 0 Å². The molecule has 0 bridgehead atoms. The van der Waals surface area contributed by atoms with Gasteiger partial charge in [0.25, 0.3) is 0 Å². The van der Waals surface area contributed by atoms with Gasteiger partial charge in [-0.15, -0.1) is 23.2 Å². The van der Waals surface area contributed by atoms with E-state index in [0.29, 0.717) is 11.8 Å². The van der Waals surface area contributed by atoms with Gasteiger partial charge in [-0.1, -0.05) is 0 Å². The third-order valence-corrected chi connectivity index (χ3v) is 2.95. The van der Waals surface area contributed by atoms with Crippen LogP contribution >= 0.6 is 23.2 Å². The van der Waals surface area contributed by atoms with E-state index in [-0.39, 0.29) is 5.60 Å². The highest BCUT2D eigenvalue weighted by Gasteiger charge is 2.16. The van der Waals surface area contributed by atoms with Crippen LogP contribution in [0.25, 0.3) is 0 Å². The maximum atomic E-state index is 5.72. The summed E-state index contributed by atoms with van der Waals surface area (Å²) in [6.07, 6.45) is 2.18. The number of alkyl halides is 2. The van der Waals surface area contributed by atoms with Crippen LogP contribution < -0.4 is 0 Å². The lowest BCUT2D eigenvalue weighted by Crippen LogP contribution is -2.31. The Labute approximate surface area is 104 Å². The molecule has 0 aliphatic rings. The largest absolute Gasteiger partial charge is 0.379 e. The van der Waals surface area contributed by atoms with E-state index < -0.39 is 0 Å². The number of halogens is 2. The summed E-state index contributed by atoms with van der Waals surface area (Å²) >= 11 is 11.4. The molecule has 0 aromatic carbocycles. The van der Waals surface area contributed by atoms with Crippen molar-refractivity contribution in [2.45, 2.75) is 32.3 Å². The molecule has 0 rings (SSSR count). The van der Waals surface area contributed by atoms with E-state index in [1.807, 2.05) is 0 Å². The van der Waals surface area contributed by atoms with Crippen LogP contribution in [-0.2, 0) is 4.74 Å².